The van der Waals surface area contributed by atoms with E-state index < -0.39 is 5.66 Å². The molecule has 5 rings (SSSR count). The fourth-order valence-electron chi connectivity index (χ4n) is 5.34. The third kappa shape index (κ3) is 3.74. The van der Waals surface area contributed by atoms with Gasteiger partial charge >= 0.3 is 0 Å². The van der Waals surface area contributed by atoms with Crippen LogP contribution in [0.5, 0.6) is 0 Å². The second kappa shape index (κ2) is 8.62. The van der Waals surface area contributed by atoms with Crippen molar-refractivity contribution in [3.63, 3.8) is 0 Å². The number of amides is 4. The summed E-state index contributed by atoms with van der Waals surface area (Å²) in [6, 6.07) is 10.5. The third-order valence-corrected chi connectivity index (χ3v) is 7.19. The number of para-hydroxylation sites is 1. The van der Waals surface area contributed by atoms with Gasteiger partial charge in [0.2, 0.25) is 11.8 Å². The number of benzene rings is 1. The molecule has 178 valence electrons. The number of hydrogen-bond donors (Lipinski definition) is 1. The van der Waals surface area contributed by atoms with Gasteiger partial charge in [-0.3, -0.25) is 24.1 Å². The summed E-state index contributed by atoms with van der Waals surface area (Å²) in [5.74, 6) is -0.109. The largest absolute Gasteiger partial charge is 0.459 e. The predicted octanol–water partition coefficient (Wildman–Crippen LogP) is 2.39. The topological polar surface area (TPSA) is 103 Å². The van der Waals surface area contributed by atoms with E-state index in [9.17, 15) is 19.2 Å². The molecular weight excluding hydrogens is 436 g/mol. The van der Waals surface area contributed by atoms with Crippen molar-refractivity contribution < 1.29 is 23.6 Å². The number of furan rings is 1. The average molecular weight is 465 g/mol. The smallest absolute Gasteiger partial charge is 0.289 e. The highest BCUT2D eigenvalue weighted by molar-refractivity contribution is 6.10. The summed E-state index contributed by atoms with van der Waals surface area (Å²) < 4.78 is 5.19. The normalized spacial score (nSPS) is 22.6. The number of anilines is 1. The number of nitrogens with one attached hydrogen (secondary N) is 1. The maximum Gasteiger partial charge on any atom is 0.289 e. The van der Waals surface area contributed by atoms with Crippen LogP contribution in [0.3, 0.4) is 0 Å². The Labute approximate surface area is 197 Å². The summed E-state index contributed by atoms with van der Waals surface area (Å²) in [5, 5.41) is 3.05. The van der Waals surface area contributed by atoms with Crippen molar-refractivity contribution in [1.29, 1.82) is 0 Å². The van der Waals surface area contributed by atoms with Gasteiger partial charge in [0.05, 0.1) is 17.5 Å². The van der Waals surface area contributed by atoms with Gasteiger partial charge in [0.15, 0.2) is 5.76 Å². The molecule has 1 N–H and O–H groups in total. The summed E-state index contributed by atoms with van der Waals surface area (Å²) in [6.07, 6.45) is 3.86. The molecule has 4 amide bonds. The molecule has 9 heteroatoms. The maximum absolute atomic E-state index is 13.3. The molecule has 0 spiro atoms. The summed E-state index contributed by atoms with van der Waals surface area (Å²) >= 11 is 0. The zero-order chi connectivity index (χ0) is 23.9. The van der Waals surface area contributed by atoms with Gasteiger partial charge in [0.25, 0.3) is 11.8 Å². The van der Waals surface area contributed by atoms with Crippen molar-refractivity contribution in [3.05, 3.63) is 54.0 Å². The lowest BCUT2D eigenvalue weighted by molar-refractivity contribution is -0.122. The molecule has 0 saturated carbocycles. The zero-order valence-electron chi connectivity index (χ0n) is 19.2. The molecule has 0 bridgehead atoms. The Balaban J connectivity index is 1.19. The summed E-state index contributed by atoms with van der Waals surface area (Å²) in [4.78, 5) is 56.2. The van der Waals surface area contributed by atoms with Crippen molar-refractivity contribution in [2.24, 2.45) is 0 Å². The highest BCUT2D eigenvalue weighted by Gasteiger charge is 2.52. The Morgan fingerprint density at radius 2 is 1.88 bits per heavy atom. The number of carbonyl (C=O) groups excluding carboxylic acids is 4. The van der Waals surface area contributed by atoms with E-state index in [1.807, 2.05) is 19.1 Å². The van der Waals surface area contributed by atoms with Crippen molar-refractivity contribution in [1.82, 2.24) is 15.1 Å². The van der Waals surface area contributed by atoms with Gasteiger partial charge in [-0.2, -0.15) is 0 Å². The molecule has 2 saturated heterocycles. The summed E-state index contributed by atoms with van der Waals surface area (Å²) in [5.41, 5.74) is 0.374. The second-order valence-electron chi connectivity index (χ2n) is 9.28. The van der Waals surface area contributed by atoms with Crippen molar-refractivity contribution >= 4 is 29.3 Å². The number of hydrogen-bond acceptors (Lipinski definition) is 5. The lowest BCUT2D eigenvalue weighted by Gasteiger charge is -2.48. The molecule has 9 nitrogen and oxygen atoms in total. The van der Waals surface area contributed by atoms with E-state index in [4.69, 9.17) is 4.42 Å². The lowest BCUT2D eigenvalue weighted by Crippen LogP contribution is -2.62. The molecule has 1 unspecified atom stereocenters. The summed E-state index contributed by atoms with van der Waals surface area (Å²) in [7, 11) is 0. The minimum atomic E-state index is -0.764. The van der Waals surface area contributed by atoms with Gasteiger partial charge in [-0.25, -0.2) is 0 Å². The fourth-order valence-corrected chi connectivity index (χ4v) is 5.34. The SMILES string of the molecule is CC12CCC(=O)N1c1ccccc1C(=O)N2CCC(=O)NC1CCN(C(=O)c2ccco2)CC1. The van der Waals surface area contributed by atoms with E-state index in [1.54, 1.807) is 39.0 Å². The molecule has 1 atom stereocenters. The molecule has 34 heavy (non-hydrogen) atoms. The first-order valence-corrected chi connectivity index (χ1v) is 11.7. The molecule has 2 aromatic rings. The zero-order valence-corrected chi connectivity index (χ0v) is 19.2. The Hall–Kier alpha value is -3.62. The van der Waals surface area contributed by atoms with Crippen LogP contribution in [0.2, 0.25) is 0 Å². The van der Waals surface area contributed by atoms with E-state index >= 15 is 0 Å². The van der Waals surface area contributed by atoms with Crippen LogP contribution in [-0.4, -0.2) is 64.8 Å². The maximum atomic E-state index is 13.3. The molecule has 1 aromatic carbocycles. The van der Waals surface area contributed by atoms with Gasteiger partial charge < -0.3 is 19.5 Å². The lowest BCUT2D eigenvalue weighted by atomic mass is 9.98. The second-order valence-corrected chi connectivity index (χ2v) is 9.28. The van der Waals surface area contributed by atoms with Gasteiger partial charge in [-0.1, -0.05) is 12.1 Å². The van der Waals surface area contributed by atoms with Crippen LogP contribution >= 0.6 is 0 Å². The molecule has 0 aliphatic carbocycles. The van der Waals surface area contributed by atoms with Crippen LogP contribution in [0.1, 0.15) is 59.9 Å². The fraction of sp³-hybridized carbons (Fsp3) is 0.440. The highest BCUT2D eigenvalue weighted by Crippen LogP contribution is 2.43. The van der Waals surface area contributed by atoms with Crippen LogP contribution in [0.15, 0.2) is 47.1 Å². The first-order chi connectivity index (χ1) is 16.4. The van der Waals surface area contributed by atoms with Gasteiger partial charge in [-0.15, -0.1) is 0 Å². The van der Waals surface area contributed by atoms with E-state index in [0.717, 1.165) is 0 Å². The van der Waals surface area contributed by atoms with E-state index in [2.05, 4.69) is 5.32 Å². The van der Waals surface area contributed by atoms with Crippen LogP contribution < -0.4 is 10.2 Å². The number of piperidine rings is 1. The van der Waals surface area contributed by atoms with E-state index in [0.29, 0.717) is 55.8 Å². The Morgan fingerprint density at radius 1 is 1.12 bits per heavy atom. The number of fused-ring (bicyclic) bond motifs is 3. The molecule has 2 fully saturated rings. The number of nitrogens with zero attached hydrogens (tertiary/aromatic N) is 3. The molecule has 1 aromatic heterocycles. The van der Waals surface area contributed by atoms with Crippen LogP contribution in [-0.2, 0) is 9.59 Å². The predicted molar refractivity (Wildman–Crippen MR) is 123 cm³/mol. The average Bonchev–Trinajstić information content (AvgIpc) is 3.48. The first kappa shape index (κ1) is 22.2. The van der Waals surface area contributed by atoms with Crippen LogP contribution in [0, 0.1) is 0 Å². The molecule has 0 radical (unpaired) electrons. The van der Waals surface area contributed by atoms with Gasteiger partial charge in [0, 0.05) is 38.5 Å². The monoisotopic (exact) mass is 464 g/mol. The number of rotatable bonds is 5. The summed E-state index contributed by atoms with van der Waals surface area (Å²) in [6.45, 7) is 3.21. The van der Waals surface area contributed by atoms with E-state index in [-0.39, 0.29) is 42.6 Å². The molecule has 3 aliphatic rings. The van der Waals surface area contributed by atoms with Crippen LogP contribution in [0.25, 0.3) is 0 Å². The minimum Gasteiger partial charge on any atom is -0.459 e. The van der Waals surface area contributed by atoms with Crippen LogP contribution in [0.4, 0.5) is 5.69 Å². The van der Waals surface area contributed by atoms with Crippen molar-refractivity contribution in [2.45, 2.75) is 50.7 Å². The van der Waals surface area contributed by atoms with E-state index in [1.165, 1.54) is 6.26 Å². The standard InChI is InChI=1S/C25H28N4O5/c1-25-12-8-22(31)29(25)19-6-3-2-5-18(19)23(32)28(25)15-11-21(30)26-17-9-13-27(14-10-17)24(33)20-7-4-16-34-20/h2-7,16-17H,8-15H2,1H3,(H,26,30). The Bertz CT molecular complexity index is 1120. The number of carbonyl (C=O) groups is 4. The highest BCUT2D eigenvalue weighted by atomic mass is 16.3. The molecule has 3 aliphatic heterocycles. The first-order valence-electron chi connectivity index (χ1n) is 11.7. The van der Waals surface area contributed by atoms with Crippen molar-refractivity contribution in [2.75, 3.05) is 24.5 Å². The van der Waals surface area contributed by atoms with Gasteiger partial charge in [-0.05, 0) is 50.5 Å². The third-order valence-electron chi connectivity index (χ3n) is 7.19. The Morgan fingerprint density at radius 3 is 2.62 bits per heavy atom. The number of likely N-dealkylation sites (tertiary alicyclic amines) is 1. The minimum absolute atomic E-state index is 0.00671. The van der Waals surface area contributed by atoms with Crippen molar-refractivity contribution in [3.8, 4) is 0 Å². The Kier molecular flexibility index (Phi) is 5.63. The van der Waals surface area contributed by atoms with Gasteiger partial charge in [0.1, 0.15) is 5.66 Å². The molecule has 4 heterocycles. The molecular formula is C25H28N4O5. The quantitative estimate of drug-likeness (QED) is 0.732.